The number of aryl methyl sites for hydroxylation is 1. The average molecular weight is 282 g/mol. The molecule has 0 aliphatic heterocycles. The van der Waals surface area contributed by atoms with Gasteiger partial charge in [-0.25, -0.2) is 9.97 Å². The molecule has 1 aromatic heterocycles. The number of carbonyl (C=O) groups is 1. The average Bonchev–Trinajstić information content (AvgIpc) is 3.28. The Morgan fingerprint density at radius 3 is 2.48 bits per heavy atom. The molecule has 4 nitrogen and oxygen atoms in total. The van der Waals surface area contributed by atoms with Gasteiger partial charge in [-0.2, -0.15) is 0 Å². The molecular formula is C17H18N2O2. The molecule has 0 spiro atoms. The molecule has 1 aliphatic carbocycles. The van der Waals surface area contributed by atoms with Crippen molar-refractivity contribution in [3.05, 3.63) is 59.2 Å². The van der Waals surface area contributed by atoms with Crippen molar-refractivity contribution in [1.82, 2.24) is 9.97 Å². The zero-order valence-electron chi connectivity index (χ0n) is 12.0. The van der Waals surface area contributed by atoms with Crippen LogP contribution in [-0.4, -0.2) is 27.5 Å². The number of aromatic nitrogens is 2. The van der Waals surface area contributed by atoms with Crippen LogP contribution < -0.4 is 0 Å². The van der Waals surface area contributed by atoms with E-state index in [9.17, 15) is 4.79 Å². The molecule has 0 atom stereocenters. The molecule has 1 aliphatic rings. The van der Waals surface area contributed by atoms with E-state index >= 15 is 0 Å². The van der Waals surface area contributed by atoms with Gasteiger partial charge >= 0.3 is 0 Å². The fraction of sp³-hybridized carbons (Fsp3) is 0.353. The Morgan fingerprint density at radius 2 is 1.90 bits per heavy atom. The van der Waals surface area contributed by atoms with Gasteiger partial charge in [0.25, 0.3) is 0 Å². The molecule has 1 aromatic carbocycles. The summed E-state index contributed by atoms with van der Waals surface area (Å²) >= 11 is 0. The van der Waals surface area contributed by atoms with Crippen molar-refractivity contribution in [3.63, 3.8) is 0 Å². The van der Waals surface area contributed by atoms with Gasteiger partial charge in [0, 0.05) is 24.2 Å². The first-order valence-corrected chi connectivity index (χ1v) is 7.16. The highest BCUT2D eigenvalue weighted by molar-refractivity contribution is 5.96. The number of hydrogen-bond donors (Lipinski definition) is 1. The fourth-order valence-corrected chi connectivity index (χ4v) is 2.84. The van der Waals surface area contributed by atoms with E-state index in [2.05, 4.69) is 41.2 Å². The van der Waals surface area contributed by atoms with Crippen molar-refractivity contribution < 1.29 is 9.90 Å². The molecular weight excluding hydrogens is 264 g/mol. The monoisotopic (exact) mass is 282 g/mol. The van der Waals surface area contributed by atoms with Crippen molar-refractivity contribution >= 4 is 5.78 Å². The Kier molecular flexibility index (Phi) is 3.55. The lowest BCUT2D eigenvalue weighted by Gasteiger charge is -2.17. The number of aliphatic hydroxyl groups excluding tert-OH is 1. The number of carbonyl (C=O) groups excluding carboxylic acids is 1. The summed E-state index contributed by atoms with van der Waals surface area (Å²) in [5.74, 6) is 0.409. The summed E-state index contributed by atoms with van der Waals surface area (Å²) in [5, 5.41) is 8.83. The summed E-state index contributed by atoms with van der Waals surface area (Å²) in [6.45, 7) is 1.63. The Balaban J connectivity index is 1.81. The van der Waals surface area contributed by atoms with Crippen LogP contribution in [0.1, 0.15) is 40.2 Å². The maximum absolute atomic E-state index is 11.4. The normalized spacial score (nSPS) is 15.7. The van der Waals surface area contributed by atoms with E-state index in [1.54, 1.807) is 0 Å². The van der Waals surface area contributed by atoms with Gasteiger partial charge in [0.05, 0.1) is 5.56 Å². The van der Waals surface area contributed by atoms with Crippen LogP contribution >= 0.6 is 0 Å². The minimum Gasteiger partial charge on any atom is -0.388 e. The van der Waals surface area contributed by atoms with Gasteiger partial charge in [-0.1, -0.05) is 24.3 Å². The maximum atomic E-state index is 11.4. The maximum Gasteiger partial charge on any atom is 0.191 e. The van der Waals surface area contributed by atoms with Gasteiger partial charge in [-0.05, 0) is 30.9 Å². The van der Waals surface area contributed by atoms with Crippen LogP contribution in [0.2, 0.25) is 0 Å². The Bertz CT molecular complexity index is 661. The third-order valence-corrected chi connectivity index (χ3v) is 4.24. The highest BCUT2D eigenvalue weighted by Gasteiger charge is 2.45. The number of rotatable bonds is 5. The molecule has 0 amide bonds. The topological polar surface area (TPSA) is 63.1 Å². The van der Waals surface area contributed by atoms with Gasteiger partial charge in [-0.15, -0.1) is 0 Å². The number of Topliss-reactive ketones (excluding diaryl/α,β-unsaturated/α-hetero) is 1. The molecule has 4 heteroatoms. The molecule has 108 valence electrons. The van der Waals surface area contributed by atoms with E-state index in [0.717, 1.165) is 25.1 Å². The first kappa shape index (κ1) is 13.9. The Morgan fingerprint density at radius 1 is 1.24 bits per heavy atom. The second-order valence-electron chi connectivity index (χ2n) is 5.74. The molecule has 21 heavy (non-hydrogen) atoms. The minimum atomic E-state index is -0.504. The number of aliphatic hydroxyl groups is 1. The standard InChI is InChI=1S/C17H18N2O2/c1-12-4-2-3-5-14(12)17(6-7-17)8-16-18-9-13(10-19-16)15(21)11-20/h2-5,9-10,20H,6-8,11H2,1H3. The zero-order chi connectivity index (χ0) is 14.9. The highest BCUT2D eigenvalue weighted by atomic mass is 16.3. The van der Waals surface area contributed by atoms with Gasteiger partial charge in [0.2, 0.25) is 0 Å². The largest absolute Gasteiger partial charge is 0.388 e. The fourth-order valence-electron chi connectivity index (χ4n) is 2.84. The zero-order valence-corrected chi connectivity index (χ0v) is 12.0. The second kappa shape index (κ2) is 5.37. The van der Waals surface area contributed by atoms with E-state index in [0.29, 0.717) is 5.56 Å². The second-order valence-corrected chi connectivity index (χ2v) is 5.74. The molecule has 2 aromatic rings. The van der Waals surface area contributed by atoms with E-state index in [1.807, 2.05) is 0 Å². The third-order valence-electron chi connectivity index (χ3n) is 4.24. The van der Waals surface area contributed by atoms with Crippen LogP contribution in [-0.2, 0) is 11.8 Å². The lowest BCUT2D eigenvalue weighted by Crippen LogP contribution is -2.15. The van der Waals surface area contributed by atoms with Gasteiger partial charge in [0.15, 0.2) is 5.78 Å². The molecule has 0 unspecified atom stereocenters. The molecule has 0 radical (unpaired) electrons. The van der Waals surface area contributed by atoms with Crippen molar-refractivity contribution in [2.45, 2.75) is 31.6 Å². The van der Waals surface area contributed by atoms with E-state index in [1.165, 1.54) is 23.5 Å². The summed E-state index contributed by atoms with van der Waals surface area (Å²) in [4.78, 5) is 19.9. The molecule has 3 rings (SSSR count). The van der Waals surface area contributed by atoms with Gasteiger partial charge < -0.3 is 5.11 Å². The van der Waals surface area contributed by atoms with Crippen molar-refractivity contribution in [3.8, 4) is 0 Å². The van der Waals surface area contributed by atoms with Crippen molar-refractivity contribution in [2.75, 3.05) is 6.61 Å². The van der Waals surface area contributed by atoms with E-state index < -0.39 is 6.61 Å². The molecule has 1 fully saturated rings. The van der Waals surface area contributed by atoms with Crippen LogP contribution in [0.4, 0.5) is 0 Å². The number of hydrogen-bond acceptors (Lipinski definition) is 4. The molecule has 1 N–H and O–H groups in total. The highest BCUT2D eigenvalue weighted by Crippen LogP contribution is 2.51. The number of benzene rings is 1. The van der Waals surface area contributed by atoms with E-state index in [-0.39, 0.29) is 11.2 Å². The van der Waals surface area contributed by atoms with Crippen LogP contribution in [0.3, 0.4) is 0 Å². The minimum absolute atomic E-state index is 0.161. The van der Waals surface area contributed by atoms with Crippen molar-refractivity contribution in [1.29, 1.82) is 0 Å². The van der Waals surface area contributed by atoms with Crippen LogP contribution in [0, 0.1) is 6.92 Å². The predicted octanol–water partition coefficient (Wildman–Crippen LogP) is 2.23. The third kappa shape index (κ3) is 2.72. The van der Waals surface area contributed by atoms with Crippen molar-refractivity contribution in [2.24, 2.45) is 0 Å². The summed E-state index contributed by atoms with van der Waals surface area (Å²) in [6, 6.07) is 8.46. The molecule has 1 saturated carbocycles. The number of nitrogens with zero attached hydrogens (tertiary/aromatic N) is 2. The van der Waals surface area contributed by atoms with Gasteiger partial charge in [0.1, 0.15) is 12.4 Å². The quantitative estimate of drug-likeness (QED) is 0.854. The molecule has 0 saturated heterocycles. The Labute approximate surface area is 123 Å². The number of ketones is 1. The van der Waals surface area contributed by atoms with Crippen LogP contribution in [0.5, 0.6) is 0 Å². The lowest BCUT2D eigenvalue weighted by atomic mass is 9.89. The smallest absolute Gasteiger partial charge is 0.191 e. The first-order chi connectivity index (χ1) is 10.1. The Hall–Kier alpha value is -2.07. The first-order valence-electron chi connectivity index (χ1n) is 7.16. The lowest BCUT2D eigenvalue weighted by molar-refractivity contribution is 0.0903. The van der Waals surface area contributed by atoms with Crippen LogP contribution in [0.15, 0.2) is 36.7 Å². The van der Waals surface area contributed by atoms with E-state index in [4.69, 9.17) is 5.11 Å². The summed E-state index contributed by atoms with van der Waals surface area (Å²) in [5.41, 5.74) is 3.21. The summed E-state index contributed by atoms with van der Waals surface area (Å²) < 4.78 is 0. The SMILES string of the molecule is Cc1ccccc1C1(Cc2ncc(C(=O)CO)cn2)CC1. The van der Waals surface area contributed by atoms with Gasteiger partial charge in [-0.3, -0.25) is 4.79 Å². The summed E-state index contributed by atoms with van der Waals surface area (Å²) in [7, 11) is 0. The molecule has 0 bridgehead atoms. The summed E-state index contributed by atoms with van der Waals surface area (Å²) in [6.07, 6.45) is 6.12. The molecule has 1 heterocycles. The predicted molar refractivity (Wildman–Crippen MR) is 79.2 cm³/mol. The van der Waals surface area contributed by atoms with Crippen LogP contribution in [0.25, 0.3) is 0 Å².